The summed E-state index contributed by atoms with van der Waals surface area (Å²) in [6.07, 6.45) is 0. The molecule has 0 aliphatic heterocycles. The highest BCUT2D eigenvalue weighted by molar-refractivity contribution is 6.35. The SMILES string of the molecule is COc1ccccc1COc1c(Cl)cc(Cl)cc1CN. The normalized spacial score (nSPS) is 10.4. The predicted molar refractivity (Wildman–Crippen MR) is 81.7 cm³/mol. The van der Waals surface area contributed by atoms with Crippen molar-refractivity contribution in [3.8, 4) is 11.5 Å². The van der Waals surface area contributed by atoms with Crippen LogP contribution >= 0.6 is 23.2 Å². The van der Waals surface area contributed by atoms with E-state index in [1.54, 1.807) is 19.2 Å². The third-order valence-electron chi connectivity index (χ3n) is 2.87. The number of hydrogen-bond acceptors (Lipinski definition) is 3. The van der Waals surface area contributed by atoms with Gasteiger partial charge in [0.1, 0.15) is 18.1 Å². The molecule has 0 radical (unpaired) electrons. The van der Waals surface area contributed by atoms with Crippen LogP contribution in [0.3, 0.4) is 0 Å². The topological polar surface area (TPSA) is 44.5 Å². The van der Waals surface area contributed by atoms with Crippen LogP contribution in [-0.2, 0) is 13.2 Å². The van der Waals surface area contributed by atoms with Crippen molar-refractivity contribution in [2.45, 2.75) is 13.2 Å². The molecule has 2 rings (SSSR count). The number of nitrogens with two attached hydrogens (primary N) is 1. The third kappa shape index (κ3) is 3.37. The summed E-state index contributed by atoms with van der Waals surface area (Å²) in [5.41, 5.74) is 7.40. The first kappa shape index (κ1) is 15.0. The Morgan fingerprint density at radius 3 is 2.55 bits per heavy atom. The number of rotatable bonds is 5. The smallest absolute Gasteiger partial charge is 0.142 e. The first-order valence-corrected chi connectivity index (χ1v) is 6.84. The quantitative estimate of drug-likeness (QED) is 0.906. The van der Waals surface area contributed by atoms with E-state index in [4.69, 9.17) is 38.4 Å². The summed E-state index contributed by atoms with van der Waals surface area (Å²) in [6, 6.07) is 11.0. The average molecular weight is 312 g/mol. The minimum atomic E-state index is 0.307. The zero-order valence-corrected chi connectivity index (χ0v) is 12.5. The molecule has 0 amide bonds. The molecule has 0 fully saturated rings. The number of ether oxygens (including phenoxy) is 2. The Hall–Kier alpha value is -1.42. The van der Waals surface area contributed by atoms with Crippen molar-refractivity contribution in [1.82, 2.24) is 0 Å². The van der Waals surface area contributed by atoms with Crippen LogP contribution in [0.5, 0.6) is 11.5 Å². The molecule has 0 spiro atoms. The van der Waals surface area contributed by atoms with Gasteiger partial charge in [-0.1, -0.05) is 41.4 Å². The number of para-hydroxylation sites is 1. The largest absolute Gasteiger partial charge is 0.496 e. The van der Waals surface area contributed by atoms with Crippen molar-refractivity contribution in [1.29, 1.82) is 0 Å². The zero-order chi connectivity index (χ0) is 14.5. The van der Waals surface area contributed by atoms with Crippen LogP contribution in [0.25, 0.3) is 0 Å². The van der Waals surface area contributed by atoms with Crippen molar-refractivity contribution in [2.75, 3.05) is 7.11 Å². The molecule has 0 aliphatic rings. The van der Waals surface area contributed by atoms with Crippen molar-refractivity contribution >= 4 is 23.2 Å². The predicted octanol–water partition coefficient (Wildman–Crippen LogP) is 4.04. The minimum absolute atomic E-state index is 0.307. The van der Waals surface area contributed by atoms with Gasteiger partial charge < -0.3 is 15.2 Å². The van der Waals surface area contributed by atoms with Crippen molar-refractivity contribution in [3.05, 3.63) is 57.6 Å². The van der Waals surface area contributed by atoms with Crippen molar-refractivity contribution < 1.29 is 9.47 Å². The van der Waals surface area contributed by atoms with Crippen LogP contribution in [0.4, 0.5) is 0 Å². The Kier molecular flexibility index (Phi) is 5.12. The summed E-state index contributed by atoms with van der Waals surface area (Å²) in [5, 5.41) is 0.993. The lowest BCUT2D eigenvalue weighted by atomic mass is 10.2. The van der Waals surface area contributed by atoms with Crippen LogP contribution in [-0.4, -0.2) is 7.11 Å². The molecule has 0 saturated heterocycles. The lowest BCUT2D eigenvalue weighted by Gasteiger charge is -2.14. The summed E-state index contributed by atoms with van der Waals surface area (Å²) in [7, 11) is 1.62. The van der Waals surface area contributed by atoms with Crippen LogP contribution in [0.15, 0.2) is 36.4 Å². The summed E-state index contributed by atoms with van der Waals surface area (Å²) >= 11 is 12.1. The first-order chi connectivity index (χ1) is 9.65. The van der Waals surface area contributed by atoms with Gasteiger partial charge in [-0.2, -0.15) is 0 Å². The molecule has 2 aromatic carbocycles. The average Bonchev–Trinajstić information content (AvgIpc) is 2.45. The maximum absolute atomic E-state index is 6.16. The monoisotopic (exact) mass is 311 g/mol. The maximum atomic E-state index is 6.16. The van der Waals surface area contributed by atoms with Gasteiger partial charge in [0, 0.05) is 22.7 Å². The standard InChI is InChI=1S/C15H15Cl2NO2/c1-19-14-5-3-2-4-10(14)9-20-15-11(8-18)6-12(16)7-13(15)17/h2-7H,8-9,18H2,1H3. The second-order valence-electron chi connectivity index (χ2n) is 4.18. The Balaban J connectivity index is 2.23. The Morgan fingerprint density at radius 2 is 1.85 bits per heavy atom. The van der Waals surface area contributed by atoms with E-state index in [-0.39, 0.29) is 0 Å². The lowest BCUT2D eigenvalue weighted by molar-refractivity contribution is 0.294. The van der Waals surface area contributed by atoms with Crippen LogP contribution in [0, 0.1) is 0 Å². The molecule has 106 valence electrons. The fraction of sp³-hybridized carbons (Fsp3) is 0.200. The number of benzene rings is 2. The highest BCUT2D eigenvalue weighted by Crippen LogP contribution is 2.33. The van der Waals surface area contributed by atoms with Gasteiger partial charge in [0.25, 0.3) is 0 Å². The van der Waals surface area contributed by atoms with E-state index >= 15 is 0 Å². The summed E-state index contributed by atoms with van der Waals surface area (Å²) < 4.78 is 11.1. The number of halogens is 2. The highest BCUT2D eigenvalue weighted by Gasteiger charge is 2.11. The molecular weight excluding hydrogens is 297 g/mol. The Labute approximate surface area is 128 Å². The molecule has 0 unspecified atom stereocenters. The third-order valence-corrected chi connectivity index (χ3v) is 3.37. The molecule has 20 heavy (non-hydrogen) atoms. The Bertz CT molecular complexity index is 602. The van der Waals surface area contributed by atoms with E-state index in [1.165, 1.54) is 0 Å². The molecule has 0 saturated carbocycles. The second kappa shape index (κ2) is 6.84. The first-order valence-electron chi connectivity index (χ1n) is 6.08. The number of hydrogen-bond donors (Lipinski definition) is 1. The van der Waals surface area contributed by atoms with Gasteiger partial charge in [-0.25, -0.2) is 0 Å². The fourth-order valence-electron chi connectivity index (χ4n) is 1.90. The van der Waals surface area contributed by atoms with Gasteiger partial charge in [-0.15, -0.1) is 0 Å². The van der Waals surface area contributed by atoms with E-state index in [0.717, 1.165) is 16.9 Å². The summed E-state index contributed by atoms with van der Waals surface area (Å²) in [5.74, 6) is 1.33. The van der Waals surface area contributed by atoms with Crippen LogP contribution in [0.1, 0.15) is 11.1 Å². The minimum Gasteiger partial charge on any atom is -0.496 e. The Morgan fingerprint density at radius 1 is 1.10 bits per heavy atom. The maximum Gasteiger partial charge on any atom is 0.142 e. The summed E-state index contributed by atoms with van der Waals surface area (Å²) in [6.45, 7) is 0.653. The molecule has 2 aromatic rings. The van der Waals surface area contributed by atoms with Crippen molar-refractivity contribution in [3.63, 3.8) is 0 Å². The molecule has 0 aromatic heterocycles. The highest BCUT2D eigenvalue weighted by atomic mass is 35.5. The van der Waals surface area contributed by atoms with Crippen molar-refractivity contribution in [2.24, 2.45) is 5.73 Å². The van der Waals surface area contributed by atoms with E-state index in [1.807, 2.05) is 24.3 Å². The lowest BCUT2D eigenvalue weighted by Crippen LogP contribution is -2.04. The molecule has 0 atom stereocenters. The molecule has 3 nitrogen and oxygen atoms in total. The summed E-state index contributed by atoms with van der Waals surface area (Å²) in [4.78, 5) is 0. The van der Waals surface area contributed by atoms with Gasteiger partial charge in [0.2, 0.25) is 0 Å². The van der Waals surface area contributed by atoms with E-state index in [0.29, 0.717) is 28.9 Å². The zero-order valence-electron chi connectivity index (χ0n) is 11.0. The second-order valence-corrected chi connectivity index (χ2v) is 5.02. The molecule has 2 N–H and O–H groups in total. The molecule has 5 heteroatoms. The van der Waals surface area contributed by atoms with E-state index < -0.39 is 0 Å². The van der Waals surface area contributed by atoms with Crippen LogP contribution < -0.4 is 15.2 Å². The van der Waals surface area contributed by atoms with Gasteiger partial charge in [-0.05, 0) is 18.2 Å². The van der Waals surface area contributed by atoms with Gasteiger partial charge in [-0.3, -0.25) is 0 Å². The van der Waals surface area contributed by atoms with Gasteiger partial charge in [0.15, 0.2) is 0 Å². The van der Waals surface area contributed by atoms with Gasteiger partial charge in [0.05, 0.1) is 12.1 Å². The van der Waals surface area contributed by atoms with Gasteiger partial charge >= 0.3 is 0 Å². The number of methoxy groups -OCH3 is 1. The molecule has 0 aliphatic carbocycles. The van der Waals surface area contributed by atoms with E-state index in [9.17, 15) is 0 Å². The molecular formula is C15H15Cl2NO2. The van der Waals surface area contributed by atoms with Crippen LogP contribution in [0.2, 0.25) is 10.0 Å². The molecule has 0 heterocycles. The molecule has 0 bridgehead atoms. The van der Waals surface area contributed by atoms with E-state index in [2.05, 4.69) is 0 Å². The fourth-order valence-corrected chi connectivity index (χ4v) is 2.49.